The zero-order chi connectivity index (χ0) is 28.0. The summed E-state index contributed by atoms with van der Waals surface area (Å²) in [5.74, 6) is -1.45. The summed E-state index contributed by atoms with van der Waals surface area (Å²) in [4.78, 5) is 26.4. The van der Waals surface area contributed by atoms with Crippen LogP contribution in [0, 0.1) is 12.7 Å². The van der Waals surface area contributed by atoms with Crippen molar-refractivity contribution >= 4 is 16.7 Å². The molecule has 0 saturated heterocycles. The second-order valence-electron chi connectivity index (χ2n) is 8.69. The molecule has 0 aliphatic heterocycles. The van der Waals surface area contributed by atoms with Crippen LogP contribution in [0.1, 0.15) is 32.7 Å². The van der Waals surface area contributed by atoms with Crippen molar-refractivity contribution < 1.29 is 35.5 Å². The van der Waals surface area contributed by atoms with Crippen LogP contribution in [0.5, 0.6) is 0 Å². The fourth-order valence-electron chi connectivity index (χ4n) is 4.30. The molecule has 0 bridgehead atoms. The van der Waals surface area contributed by atoms with E-state index in [9.17, 15) is 40.3 Å². The maximum absolute atomic E-state index is 13.8. The Balaban J connectivity index is 1.84. The Morgan fingerprint density at radius 1 is 0.868 bits per heavy atom. The van der Waals surface area contributed by atoms with Crippen molar-refractivity contribution in [3.05, 3.63) is 105 Å². The van der Waals surface area contributed by atoms with E-state index in [1.54, 1.807) is 31.2 Å². The molecule has 0 aliphatic carbocycles. The van der Waals surface area contributed by atoms with Gasteiger partial charge in [-0.25, -0.2) is 4.39 Å². The van der Waals surface area contributed by atoms with Crippen LogP contribution in [-0.4, -0.2) is 10.5 Å². The molecule has 1 heterocycles. The normalized spacial score (nSPS) is 12.1. The third kappa shape index (κ3) is 5.13. The fourth-order valence-corrected chi connectivity index (χ4v) is 4.30. The molecule has 198 valence electrons. The van der Waals surface area contributed by atoms with Gasteiger partial charge in [-0.05, 0) is 65.4 Å². The Hall–Kier alpha value is -4.15. The fraction of sp³-hybridized carbons (Fsp3) is 0.185. The first-order valence-electron chi connectivity index (χ1n) is 11.1. The van der Waals surface area contributed by atoms with E-state index < -0.39 is 52.9 Å². The van der Waals surface area contributed by atoms with E-state index in [-0.39, 0.29) is 22.7 Å². The monoisotopic (exact) mass is 536 g/mol. The number of halogens is 7. The molecule has 4 aromatic rings. The van der Waals surface area contributed by atoms with Crippen LogP contribution in [0.4, 0.5) is 30.7 Å². The Bertz CT molecular complexity index is 1590. The number of hydrogen-bond donors (Lipinski definition) is 1. The van der Waals surface area contributed by atoms with Gasteiger partial charge in [0.1, 0.15) is 11.5 Å². The molecule has 38 heavy (non-hydrogen) atoms. The summed E-state index contributed by atoms with van der Waals surface area (Å²) >= 11 is 0. The molecular formula is C27H19F7N2O2. The van der Waals surface area contributed by atoms with E-state index in [2.05, 4.69) is 5.32 Å². The summed E-state index contributed by atoms with van der Waals surface area (Å²) in [5.41, 5.74) is -3.09. The summed E-state index contributed by atoms with van der Waals surface area (Å²) < 4.78 is 94.3. The lowest BCUT2D eigenvalue weighted by Gasteiger charge is -2.19. The number of nitrogens with one attached hydrogen (secondary N) is 1. The summed E-state index contributed by atoms with van der Waals surface area (Å²) in [6.07, 6.45) is -10.1. The number of carbonyl (C=O) groups excluding carboxylic acids is 1. The zero-order valence-corrected chi connectivity index (χ0v) is 19.9. The highest BCUT2D eigenvalue weighted by molar-refractivity contribution is 6.08. The van der Waals surface area contributed by atoms with Crippen LogP contribution in [0.15, 0.2) is 65.5 Å². The van der Waals surface area contributed by atoms with Gasteiger partial charge in [-0.15, -0.1) is 0 Å². The van der Waals surface area contributed by atoms with E-state index in [1.165, 1.54) is 25.2 Å². The molecule has 0 unspecified atom stereocenters. The van der Waals surface area contributed by atoms with Gasteiger partial charge in [0.25, 0.3) is 11.5 Å². The Labute approximate surface area is 211 Å². The number of benzene rings is 3. The molecule has 4 rings (SSSR count). The number of carbonyl (C=O) groups is 1. The summed E-state index contributed by atoms with van der Waals surface area (Å²) in [7, 11) is 1.32. The van der Waals surface area contributed by atoms with Gasteiger partial charge in [0.2, 0.25) is 0 Å². The summed E-state index contributed by atoms with van der Waals surface area (Å²) in [6, 6.07) is 11.2. The van der Waals surface area contributed by atoms with Crippen molar-refractivity contribution in [3.8, 4) is 11.1 Å². The SMILES string of the molecule is Cc1cc(F)ccc1-c1c(C(=O)NCc2cc(C(F)(F)F)cc(C(F)(F)F)c2)n(C)c(=O)c2ccccc12. The first-order chi connectivity index (χ1) is 17.7. The molecule has 0 saturated carbocycles. The minimum atomic E-state index is -5.05. The van der Waals surface area contributed by atoms with Crippen LogP contribution < -0.4 is 10.9 Å². The molecular weight excluding hydrogens is 517 g/mol. The molecule has 0 fully saturated rings. The molecule has 4 nitrogen and oxygen atoms in total. The van der Waals surface area contributed by atoms with E-state index in [0.717, 1.165) is 4.57 Å². The number of hydrogen-bond acceptors (Lipinski definition) is 2. The molecule has 0 aliphatic rings. The molecule has 1 aromatic heterocycles. The highest BCUT2D eigenvalue weighted by Gasteiger charge is 2.37. The predicted molar refractivity (Wildman–Crippen MR) is 127 cm³/mol. The standard InChI is InChI=1S/C27H19F7N2O2/c1-14-9-18(28)7-8-19(14)22-20-5-3-4-6-21(20)25(38)36(2)23(22)24(37)35-13-15-10-16(26(29,30)31)12-17(11-15)27(32,33)34/h3-12H,13H2,1-2H3,(H,35,37). The van der Waals surface area contributed by atoms with Gasteiger partial charge in [0, 0.05) is 24.5 Å². The summed E-state index contributed by atoms with van der Waals surface area (Å²) in [5, 5.41) is 2.97. The van der Waals surface area contributed by atoms with Crippen molar-refractivity contribution in [3.63, 3.8) is 0 Å². The second-order valence-corrected chi connectivity index (χ2v) is 8.69. The average molecular weight is 536 g/mol. The molecule has 3 aromatic carbocycles. The maximum Gasteiger partial charge on any atom is 0.416 e. The topological polar surface area (TPSA) is 51.1 Å². The smallest absolute Gasteiger partial charge is 0.347 e. The number of fused-ring (bicyclic) bond motifs is 1. The van der Waals surface area contributed by atoms with Gasteiger partial charge < -0.3 is 9.88 Å². The molecule has 1 amide bonds. The number of alkyl halides is 6. The van der Waals surface area contributed by atoms with Gasteiger partial charge in [-0.3, -0.25) is 9.59 Å². The van der Waals surface area contributed by atoms with Gasteiger partial charge in [-0.1, -0.05) is 24.3 Å². The van der Waals surface area contributed by atoms with Gasteiger partial charge >= 0.3 is 12.4 Å². The number of aryl methyl sites for hydroxylation is 1. The number of aromatic nitrogens is 1. The van der Waals surface area contributed by atoms with Crippen molar-refractivity contribution in [1.29, 1.82) is 0 Å². The van der Waals surface area contributed by atoms with Crippen LogP contribution >= 0.6 is 0 Å². The van der Waals surface area contributed by atoms with Gasteiger partial charge in [0.05, 0.1) is 11.1 Å². The average Bonchev–Trinajstić information content (AvgIpc) is 2.84. The summed E-state index contributed by atoms with van der Waals surface area (Å²) in [6.45, 7) is 0.913. The third-order valence-electron chi connectivity index (χ3n) is 6.08. The largest absolute Gasteiger partial charge is 0.416 e. The van der Waals surface area contributed by atoms with Crippen molar-refractivity contribution in [1.82, 2.24) is 9.88 Å². The quantitative estimate of drug-likeness (QED) is 0.298. The lowest BCUT2D eigenvalue weighted by molar-refractivity contribution is -0.143. The van der Waals surface area contributed by atoms with Crippen LogP contribution in [0.3, 0.4) is 0 Å². The van der Waals surface area contributed by atoms with E-state index in [1.807, 2.05) is 0 Å². The van der Waals surface area contributed by atoms with Crippen LogP contribution in [0.25, 0.3) is 21.9 Å². The predicted octanol–water partition coefficient (Wildman–Crippen LogP) is 6.62. The highest BCUT2D eigenvalue weighted by atomic mass is 19.4. The van der Waals surface area contributed by atoms with E-state index in [4.69, 9.17) is 0 Å². The molecule has 0 spiro atoms. The minimum absolute atomic E-state index is 0.00617. The zero-order valence-electron chi connectivity index (χ0n) is 19.9. The first kappa shape index (κ1) is 26.9. The molecule has 11 heteroatoms. The van der Waals surface area contributed by atoms with E-state index in [0.29, 0.717) is 28.6 Å². The minimum Gasteiger partial charge on any atom is -0.347 e. The van der Waals surface area contributed by atoms with Crippen molar-refractivity contribution in [2.24, 2.45) is 7.05 Å². The Morgan fingerprint density at radius 3 is 2.00 bits per heavy atom. The Kier molecular flexibility index (Phi) is 6.81. The van der Waals surface area contributed by atoms with Crippen molar-refractivity contribution in [2.45, 2.75) is 25.8 Å². The highest BCUT2D eigenvalue weighted by Crippen LogP contribution is 2.37. The lowest BCUT2D eigenvalue weighted by Crippen LogP contribution is -2.32. The first-order valence-corrected chi connectivity index (χ1v) is 11.1. The van der Waals surface area contributed by atoms with Crippen LogP contribution in [-0.2, 0) is 25.9 Å². The Morgan fingerprint density at radius 2 is 1.45 bits per heavy atom. The lowest BCUT2D eigenvalue weighted by atomic mass is 9.93. The maximum atomic E-state index is 13.8. The van der Waals surface area contributed by atoms with E-state index >= 15 is 0 Å². The van der Waals surface area contributed by atoms with Gasteiger partial charge in [0.15, 0.2) is 0 Å². The number of amides is 1. The second kappa shape index (κ2) is 9.62. The number of nitrogens with zero attached hydrogens (tertiary/aromatic N) is 1. The molecule has 0 radical (unpaired) electrons. The third-order valence-corrected chi connectivity index (χ3v) is 6.08. The van der Waals surface area contributed by atoms with Crippen molar-refractivity contribution in [2.75, 3.05) is 0 Å². The van der Waals surface area contributed by atoms with Crippen LogP contribution in [0.2, 0.25) is 0 Å². The number of rotatable bonds is 4. The molecule has 0 atom stereocenters. The molecule has 1 N–H and O–H groups in total. The number of pyridine rings is 1. The van der Waals surface area contributed by atoms with Gasteiger partial charge in [-0.2, -0.15) is 26.3 Å².